The molecule has 0 unspecified atom stereocenters. The molecule has 72 valence electrons. The third kappa shape index (κ3) is 1.33. The van der Waals surface area contributed by atoms with Crippen molar-refractivity contribution in [3.05, 3.63) is 34.9 Å². The molecule has 0 saturated carbocycles. The standard InChI is InChI=1S/C9H7ClN2O2/c1-5-3-12-4-6(9(13)14)2-7(12)8(10)11-5/h2-4H,1H3,(H,13,14). The van der Waals surface area contributed by atoms with Crippen molar-refractivity contribution in [3.8, 4) is 0 Å². The van der Waals surface area contributed by atoms with Crippen LogP contribution in [0.2, 0.25) is 5.15 Å². The van der Waals surface area contributed by atoms with Crippen LogP contribution in [-0.2, 0) is 0 Å². The van der Waals surface area contributed by atoms with E-state index in [1.165, 1.54) is 12.3 Å². The molecule has 0 amide bonds. The summed E-state index contributed by atoms with van der Waals surface area (Å²) < 4.78 is 1.66. The van der Waals surface area contributed by atoms with Crippen LogP contribution in [-0.4, -0.2) is 20.5 Å². The monoisotopic (exact) mass is 210 g/mol. The second-order valence-electron chi connectivity index (χ2n) is 3.00. The van der Waals surface area contributed by atoms with E-state index in [0.29, 0.717) is 10.7 Å². The number of rotatable bonds is 1. The van der Waals surface area contributed by atoms with E-state index in [0.717, 1.165) is 5.69 Å². The maximum Gasteiger partial charge on any atom is 0.337 e. The highest BCUT2D eigenvalue weighted by Crippen LogP contribution is 2.18. The molecule has 2 aromatic rings. The Kier molecular flexibility index (Phi) is 1.93. The highest BCUT2D eigenvalue weighted by Gasteiger charge is 2.09. The lowest BCUT2D eigenvalue weighted by Gasteiger charge is -1.97. The number of carbonyl (C=O) groups is 1. The minimum atomic E-state index is -0.970. The SMILES string of the molecule is Cc1cn2cc(C(=O)O)cc2c(Cl)n1. The molecule has 5 heteroatoms. The average molecular weight is 211 g/mol. The predicted octanol–water partition coefficient (Wildman–Crippen LogP) is 1.99. The first kappa shape index (κ1) is 9.02. The van der Waals surface area contributed by atoms with Crippen molar-refractivity contribution >= 4 is 23.1 Å². The first-order chi connectivity index (χ1) is 6.58. The number of halogens is 1. The molecule has 0 radical (unpaired) electrons. The third-order valence-corrected chi connectivity index (χ3v) is 2.19. The molecule has 2 aromatic heterocycles. The molecule has 2 rings (SSSR count). The fraction of sp³-hybridized carbons (Fsp3) is 0.111. The Labute approximate surface area is 84.8 Å². The van der Waals surface area contributed by atoms with Gasteiger partial charge in [0.2, 0.25) is 0 Å². The van der Waals surface area contributed by atoms with Crippen LogP contribution >= 0.6 is 11.6 Å². The molecule has 0 aliphatic heterocycles. The Morgan fingerprint density at radius 1 is 1.57 bits per heavy atom. The van der Waals surface area contributed by atoms with Gasteiger partial charge in [0.1, 0.15) is 0 Å². The topological polar surface area (TPSA) is 54.6 Å². The molecule has 14 heavy (non-hydrogen) atoms. The normalized spacial score (nSPS) is 10.7. The molecule has 4 nitrogen and oxygen atoms in total. The smallest absolute Gasteiger partial charge is 0.337 e. The molecule has 0 aliphatic rings. The Balaban J connectivity index is 2.76. The minimum Gasteiger partial charge on any atom is -0.478 e. The minimum absolute atomic E-state index is 0.208. The van der Waals surface area contributed by atoms with Gasteiger partial charge in [0.25, 0.3) is 0 Å². The molecule has 1 N–H and O–H groups in total. The maximum absolute atomic E-state index is 10.7. The van der Waals surface area contributed by atoms with Gasteiger partial charge in [0, 0.05) is 12.4 Å². The summed E-state index contributed by atoms with van der Waals surface area (Å²) in [6.07, 6.45) is 3.24. The predicted molar refractivity (Wildman–Crippen MR) is 51.9 cm³/mol. The quantitative estimate of drug-likeness (QED) is 0.783. The van der Waals surface area contributed by atoms with Crippen LogP contribution in [0.25, 0.3) is 5.52 Å². The van der Waals surface area contributed by atoms with Crippen molar-refractivity contribution in [2.75, 3.05) is 0 Å². The summed E-state index contributed by atoms with van der Waals surface area (Å²) in [6, 6.07) is 1.50. The highest BCUT2D eigenvalue weighted by molar-refractivity contribution is 6.32. The van der Waals surface area contributed by atoms with Gasteiger partial charge in [-0.15, -0.1) is 0 Å². The van der Waals surface area contributed by atoms with E-state index in [4.69, 9.17) is 16.7 Å². The average Bonchev–Trinajstić information content (AvgIpc) is 2.47. The van der Waals surface area contributed by atoms with Gasteiger partial charge in [-0.05, 0) is 13.0 Å². The van der Waals surface area contributed by atoms with Gasteiger partial charge >= 0.3 is 5.97 Å². The molecule has 2 heterocycles. The number of carboxylic acid groups (broad SMARTS) is 1. The number of aromatic nitrogens is 2. The second-order valence-corrected chi connectivity index (χ2v) is 3.36. The van der Waals surface area contributed by atoms with E-state index >= 15 is 0 Å². The molecule has 0 spiro atoms. The van der Waals surface area contributed by atoms with Crippen molar-refractivity contribution in [2.45, 2.75) is 6.92 Å². The number of fused-ring (bicyclic) bond motifs is 1. The first-order valence-corrected chi connectivity index (χ1v) is 4.34. The summed E-state index contributed by atoms with van der Waals surface area (Å²) in [4.78, 5) is 14.7. The second kappa shape index (κ2) is 2.99. The Hall–Kier alpha value is -1.55. The van der Waals surface area contributed by atoms with Gasteiger partial charge in [-0.3, -0.25) is 0 Å². The van der Waals surface area contributed by atoms with Gasteiger partial charge in [-0.2, -0.15) is 0 Å². The lowest BCUT2D eigenvalue weighted by molar-refractivity contribution is 0.0697. The molecule has 0 aromatic carbocycles. The third-order valence-electron chi connectivity index (χ3n) is 1.91. The van der Waals surface area contributed by atoms with Crippen LogP contribution in [0.4, 0.5) is 0 Å². The van der Waals surface area contributed by atoms with Crippen LogP contribution in [0, 0.1) is 6.92 Å². The fourth-order valence-corrected chi connectivity index (χ4v) is 1.60. The van der Waals surface area contributed by atoms with Crippen LogP contribution in [0.3, 0.4) is 0 Å². The molecular weight excluding hydrogens is 204 g/mol. The lowest BCUT2D eigenvalue weighted by Crippen LogP contribution is -1.92. The van der Waals surface area contributed by atoms with E-state index < -0.39 is 5.97 Å². The fourth-order valence-electron chi connectivity index (χ4n) is 1.31. The van der Waals surface area contributed by atoms with Crippen LogP contribution in [0.5, 0.6) is 0 Å². The number of hydrogen-bond donors (Lipinski definition) is 1. The largest absolute Gasteiger partial charge is 0.478 e. The summed E-state index contributed by atoms with van der Waals surface area (Å²) in [5.41, 5.74) is 1.56. The van der Waals surface area contributed by atoms with E-state index in [9.17, 15) is 4.79 Å². The molecule has 0 fully saturated rings. The summed E-state index contributed by atoms with van der Waals surface area (Å²) in [6.45, 7) is 1.80. The zero-order valence-electron chi connectivity index (χ0n) is 7.36. The van der Waals surface area contributed by atoms with Gasteiger partial charge in [-0.1, -0.05) is 11.6 Å². The number of aromatic carboxylic acids is 1. The highest BCUT2D eigenvalue weighted by atomic mass is 35.5. The van der Waals surface area contributed by atoms with Gasteiger partial charge in [0.15, 0.2) is 5.15 Å². The van der Waals surface area contributed by atoms with Gasteiger partial charge in [0.05, 0.1) is 16.8 Å². The lowest BCUT2D eigenvalue weighted by atomic mass is 10.3. The van der Waals surface area contributed by atoms with Crippen molar-refractivity contribution in [1.29, 1.82) is 0 Å². The first-order valence-electron chi connectivity index (χ1n) is 3.96. The van der Waals surface area contributed by atoms with Gasteiger partial charge in [-0.25, -0.2) is 9.78 Å². The maximum atomic E-state index is 10.7. The molecular formula is C9H7ClN2O2. The molecule has 0 aliphatic carbocycles. The van der Waals surface area contributed by atoms with E-state index in [1.54, 1.807) is 17.5 Å². The summed E-state index contributed by atoms with van der Waals surface area (Å²) >= 11 is 5.86. The summed E-state index contributed by atoms with van der Waals surface area (Å²) in [5, 5.41) is 9.09. The number of carboxylic acids is 1. The van der Waals surface area contributed by atoms with Crippen LogP contribution in [0.15, 0.2) is 18.5 Å². The van der Waals surface area contributed by atoms with E-state index in [1.807, 2.05) is 0 Å². The van der Waals surface area contributed by atoms with Crippen molar-refractivity contribution in [3.63, 3.8) is 0 Å². The van der Waals surface area contributed by atoms with Crippen LogP contribution < -0.4 is 0 Å². The van der Waals surface area contributed by atoms with Crippen molar-refractivity contribution in [1.82, 2.24) is 9.38 Å². The number of aryl methyl sites for hydroxylation is 1. The number of hydrogen-bond acceptors (Lipinski definition) is 2. The van der Waals surface area contributed by atoms with E-state index in [-0.39, 0.29) is 5.56 Å². The van der Waals surface area contributed by atoms with E-state index in [2.05, 4.69) is 4.98 Å². The summed E-state index contributed by atoms with van der Waals surface area (Å²) in [7, 11) is 0. The molecule has 0 saturated heterocycles. The van der Waals surface area contributed by atoms with Crippen LogP contribution in [0.1, 0.15) is 16.1 Å². The number of nitrogens with zero attached hydrogens (tertiary/aromatic N) is 2. The Bertz CT molecular complexity index is 519. The molecule has 0 bridgehead atoms. The zero-order chi connectivity index (χ0) is 10.3. The van der Waals surface area contributed by atoms with Crippen molar-refractivity contribution < 1.29 is 9.90 Å². The Morgan fingerprint density at radius 2 is 2.29 bits per heavy atom. The van der Waals surface area contributed by atoms with Gasteiger partial charge < -0.3 is 9.51 Å². The Morgan fingerprint density at radius 3 is 2.93 bits per heavy atom. The zero-order valence-corrected chi connectivity index (χ0v) is 8.12. The molecule has 0 atom stereocenters. The van der Waals surface area contributed by atoms with Crippen molar-refractivity contribution in [2.24, 2.45) is 0 Å². The summed E-state index contributed by atoms with van der Waals surface area (Å²) in [5.74, 6) is -0.970.